The fourth-order valence-corrected chi connectivity index (χ4v) is 3.17. The Morgan fingerprint density at radius 3 is 2.74 bits per heavy atom. The number of nitrogens with one attached hydrogen (secondary N) is 1. The maximum atomic E-state index is 13.0. The van der Waals surface area contributed by atoms with E-state index >= 15 is 0 Å². The van der Waals surface area contributed by atoms with Crippen molar-refractivity contribution in [3.63, 3.8) is 0 Å². The van der Waals surface area contributed by atoms with Gasteiger partial charge in [-0.15, -0.1) is 0 Å². The number of pyridine rings is 1. The third-order valence-corrected chi connectivity index (χ3v) is 4.54. The highest BCUT2D eigenvalue weighted by molar-refractivity contribution is 5.92. The molecule has 5 nitrogen and oxygen atoms in total. The molecule has 2 aromatic rings. The van der Waals surface area contributed by atoms with Gasteiger partial charge in [-0.05, 0) is 42.5 Å². The number of nitrogens with zero attached hydrogens (tertiary/aromatic N) is 3. The van der Waals surface area contributed by atoms with Crippen molar-refractivity contribution in [1.29, 1.82) is 0 Å². The molecule has 23 heavy (non-hydrogen) atoms. The zero-order valence-electron chi connectivity index (χ0n) is 13.8. The zero-order chi connectivity index (χ0) is 16.2. The van der Waals surface area contributed by atoms with Gasteiger partial charge in [-0.1, -0.05) is 26.7 Å². The maximum Gasteiger partial charge on any atom is 0.274 e. The summed E-state index contributed by atoms with van der Waals surface area (Å²) in [5.74, 6) is 0.362. The van der Waals surface area contributed by atoms with Gasteiger partial charge in [0.05, 0.1) is 6.04 Å². The largest absolute Gasteiger partial charge is 0.330 e. The first-order valence-electron chi connectivity index (χ1n) is 8.43. The lowest BCUT2D eigenvalue weighted by molar-refractivity contribution is 0.0674. The van der Waals surface area contributed by atoms with Crippen LogP contribution in [0, 0.1) is 0 Å². The molecule has 0 radical (unpaired) electrons. The molecule has 0 spiro atoms. The Hall–Kier alpha value is -2.17. The molecule has 5 heteroatoms. The number of likely N-dealkylation sites (tertiary alicyclic amines) is 1. The zero-order valence-corrected chi connectivity index (χ0v) is 13.8. The summed E-state index contributed by atoms with van der Waals surface area (Å²) >= 11 is 0. The number of hydrogen-bond acceptors (Lipinski definition) is 3. The number of carbonyl (C=O) groups excluding carboxylic acids is 1. The van der Waals surface area contributed by atoms with Crippen LogP contribution in [0.15, 0.2) is 30.6 Å². The third-order valence-electron chi connectivity index (χ3n) is 4.54. The first kappa shape index (κ1) is 15.7. The molecule has 1 atom stereocenters. The number of H-pyrrole nitrogens is 1. The van der Waals surface area contributed by atoms with E-state index in [1.54, 1.807) is 12.4 Å². The number of aromatic nitrogens is 3. The predicted octanol–water partition coefficient (Wildman–Crippen LogP) is 3.69. The van der Waals surface area contributed by atoms with E-state index in [0.29, 0.717) is 11.6 Å². The summed E-state index contributed by atoms with van der Waals surface area (Å²) in [7, 11) is 0. The molecule has 3 heterocycles. The molecule has 0 bridgehead atoms. The number of hydrogen-bond donors (Lipinski definition) is 1. The smallest absolute Gasteiger partial charge is 0.274 e. The minimum atomic E-state index is 0.0249. The van der Waals surface area contributed by atoms with Gasteiger partial charge < -0.3 is 4.90 Å². The second-order valence-electron chi connectivity index (χ2n) is 6.51. The predicted molar refractivity (Wildman–Crippen MR) is 89.2 cm³/mol. The summed E-state index contributed by atoms with van der Waals surface area (Å²) in [4.78, 5) is 19.1. The summed E-state index contributed by atoms with van der Waals surface area (Å²) in [6.07, 6.45) is 7.96. The van der Waals surface area contributed by atoms with Crippen LogP contribution in [0.25, 0.3) is 0 Å². The third kappa shape index (κ3) is 3.44. The molecule has 1 unspecified atom stereocenters. The van der Waals surface area contributed by atoms with E-state index in [1.807, 2.05) is 23.1 Å². The van der Waals surface area contributed by atoms with Crippen LogP contribution in [0.1, 0.15) is 73.2 Å². The molecular weight excluding hydrogens is 288 g/mol. The molecule has 1 N–H and O–H groups in total. The maximum absolute atomic E-state index is 13.0. The minimum absolute atomic E-state index is 0.0249. The Bertz CT molecular complexity index is 650. The molecule has 3 rings (SSSR count). The summed E-state index contributed by atoms with van der Waals surface area (Å²) in [5.41, 5.74) is 2.69. The molecule has 2 aromatic heterocycles. The highest BCUT2D eigenvalue weighted by Crippen LogP contribution is 2.31. The van der Waals surface area contributed by atoms with Crippen molar-refractivity contribution in [2.24, 2.45) is 0 Å². The van der Waals surface area contributed by atoms with Crippen LogP contribution in [0.4, 0.5) is 0 Å². The van der Waals surface area contributed by atoms with Crippen LogP contribution >= 0.6 is 0 Å². The molecule has 0 aliphatic carbocycles. The summed E-state index contributed by atoms with van der Waals surface area (Å²) in [6, 6.07) is 6.04. The van der Waals surface area contributed by atoms with Crippen molar-refractivity contribution >= 4 is 5.91 Å². The van der Waals surface area contributed by atoms with E-state index in [2.05, 4.69) is 29.0 Å². The van der Waals surface area contributed by atoms with E-state index in [4.69, 9.17) is 0 Å². The second-order valence-corrected chi connectivity index (χ2v) is 6.51. The molecule has 0 aromatic carbocycles. The molecule has 1 fully saturated rings. The molecule has 1 aliphatic rings. The minimum Gasteiger partial charge on any atom is -0.330 e. The highest BCUT2D eigenvalue weighted by atomic mass is 16.2. The molecule has 1 aliphatic heterocycles. The first-order chi connectivity index (χ1) is 11.2. The van der Waals surface area contributed by atoms with E-state index in [1.165, 1.54) is 6.42 Å². The number of carbonyl (C=O) groups is 1. The van der Waals surface area contributed by atoms with E-state index in [0.717, 1.165) is 37.1 Å². The highest BCUT2D eigenvalue weighted by Gasteiger charge is 2.29. The molecule has 0 saturated carbocycles. The lowest BCUT2D eigenvalue weighted by Gasteiger charge is -2.29. The summed E-state index contributed by atoms with van der Waals surface area (Å²) in [6.45, 7) is 4.97. The van der Waals surface area contributed by atoms with Gasteiger partial charge in [-0.3, -0.25) is 14.9 Å². The number of aromatic amines is 1. The summed E-state index contributed by atoms with van der Waals surface area (Å²) in [5, 5.41) is 7.23. The Morgan fingerprint density at radius 1 is 1.26 bits per heavy atom. The monoisotopic (exact) mass is 312 g/mol. The van der Waals surface area contributed by atoms with E-state index in [-0.39, 0.29) is 11.9 Å². The molecular formula is C18H24N4O. The molecule has 1 saturated heterocycles. The van der Waals surface area contributed by atoms with Gasteiger partial charge in [-0.2, -0.15) is 5.10 Å². The van der Waals surface area contributed by atoms with Crippen molar-refractivity contribution < 1.29 is 4.79 Å². The van der Waals surface area contributed by atoms with Crippen LogP contribution in [-0.2, 0) is 0 Å². The lowest BCUT2D eigenvalue weighted by Crippen LogP contribution is -2.35. The topological polar surface area (TPSA) is 61.9 Å². The van der Waals surface area contributed by atoms with Crippen molar-refractivity contribution in [1.82, 2.24) is 20.1 Å². The first-order valence-corrected chi connectivity index (χ1v) is 8.43. The van der Waals surface area contributed by atoms with Crippen LogP contribution in [0.3, 0.4) is 0 Å². The fourth-order valence-electron chi connectivity index (χ4n) is 3.17. The fraction of sp³-hybridized carbons (Fsp3) is 0.500. The van der Waals surface area contributed by atoms with E-state index < -0.39 is 0 Å². The number of rotatable bonds is 3. The van der Waals surface area contributed by atoms with Crippen molar-refractivity contribution in [3.05, 3.63) is 47.5 Å². The quantitative estimate of drug-likeness (QED) is 0.940. The Balaban J connectivity index is 1.88. The van der Waals surface area contributed by atoms with Crippen molar-refractivity contribution in [3.8, 4) is 0 Å². The van der Waals surface area contributed by atoms with E-state index in [9.17, 15) is 4.79 Å². The van der Waals surface area contributed by atoms with Crippen LogP contribution in [-0.4, -0.2) is 32.5 Å². The van der Waals surface area contributed by atoms with Gasteiger partial charge in [0.1, 0.15) is 5.69 Å². The second kappa shape index (κ2) is 6.94. The van der Waals surface area contributed by atoms with Gasteiger partial charge in [0.15, 0.2) is 0 Å². The summed E-state index contributed by atoms with van der Waals surface area (Å²) < 4.78 is 0. The molecule has 122 valence electrons. The van der Waals surface area contributed by atoms with Gasteiger partial charge >= 0.3 is 0 Å². The van der Waals surface area contributed by atoms with Gasteiger partial charge in [0, 0.05) is 24.6 Å². The lowest BCUT2D eigenvalue weighted by atomic mass is 10.0. The van der Waals surface area contributed by atoms with Gasteiger partial charge in [0.25, 0.3) is 5.91 Å². The standard InChI is InChI=1S/C18H24N4O/c1-13(2)15-12-16(21-20-15)18(23)22-11-5-3-4-6-17(22)14-7-9-19-10-8-14/h7-10,12-13,17H,3-6,11H2,1-2H3,(H,20,21). The van der Waals surface area contributed by atoms with Crippen molar-refractivity contribution in [2.75, 3.05) is 6.54 Å². The Morgan fingerprint density at radius 2 is 2.04 bits per heavy atom. The SMILES string of the molecule is CC(C)c1cc(C(=O)N2CCCCCC2c2ccncc2)n[nH]1. The van der Waals surface area contributed by atoms with Gasteiger partial charge in [0.2, 0.25) is 0 Å². The average molecular weight is 312 g/mol. The average Bonchev–Trinajstić information content (AvgIpc) is 2.94. The van der Waals surface area contributed by atoms with Crippen LogP contribution < -0.4 is 0 Å². The van der Waals surface area contributed by atoms with Crippen LogP contribution in [0.5, 0.6) is 0 Å². The van der Waals surface area contributed by atoms with Crippen LogP contribution in [0.2, 0.25) is 0 Å². The van der Waals surface area contributed by atoms with Gasteiger partial charge in [-0.25, -0.2) is 0 Å². The Labute approximate surface area is 137 Å². The Kier molecular flexibility index (Phi) is 4.74. The number of amides is 1. The normalized spacial score (nSPS) is 18.9. The van der Waals surface area contributed by atoms with Crippen molar-refractivity contribution in [2.45, 2.75) is 51.5 Å². The molecule has 1 amide bonds.